The molecule has 1 aliphatic rings. The molecule has 1 fully saturated rings. The highest BCUT2D eigenvalue weighted by molar-refractivity contribution is 6.35. The minimum atomic E-state index is -0.0766. The van der Waals surface area contributed by atoms with Gasteiger partial charge in [-0.25, -0.2) is 4.68 Å². The lowest BCUT2D eigenvalue weighted by molar-refractivity contribution is 0.0782. The van der Waals surface area contributed by atoms with Gasteiger partial charge < -0.3 is 10.0 Å². The van der Waals surface area contributed by atoms with E-state index in [0.29, 0.717) is 34.4 Å². The summed E-state index contributed by atoms with van der Waals surface area (Å²) in [6.45, 7) is 1.36. The molecular weight excluding hydrogens is 325 g/mol. The summed E-state index contributed by atoms with van der Waals surface area (Å²) in [7, 11) is 0. The fourth-order valence-corrected chi connectivity index (χ4v) is 3.08. The van der Waals surface area contributed by atoms with E-state index in [2.05, 4.69) is 5.10 Å². The van der Waals surface area contributed by atoms with Gasteiger partial charge in [-0.15, -0.1) is 0 Å². The summed E-state index contributed by atoms with van der Waals surface area (Å²) in [6, 6.07) is 5.11. The molecular formula is C15H15Cl2N3O2. The third-order valence-electron chi connectivity index (χ3n) is 3.82. The van der Waals surface area contributed by atoms with Crippen molar-refractivity contribution in [3.05, 3.63) is 46.2 Å². The number of likely N-dealkylation sites (tertiary alicyclic amines) is 1. The van der Waals surface area contributed by atoms with E-state index in [1.165, 1.54) is 6.20 Å². The molecule has 22 heavy (non-hydrogen) atoms. The van der Waals surface area contributed by atoms with Crippen molar-refractivity contribution in [1.82, 2.24) is 14.7 Å². The number of hydrogen-bond acceptors (Lipinski definition) is 3. The van der Waals surface area contributed by atoms with Crippen molar-refractivity contribution in [1.29, 1.82) is 0 Å². The average Bonchev–Trinajstić information content (AvgIpc) is 3.16. The van der Waals surface area contributed by atoms with Crippen LogP contribution in [0.1, 0.15) is 16.8 Å². The zero-order chi connectivity index (χ0) is 15.7. The standard InChI is InChI=1S/C15H15Cl2N3O2/c16-12-1-2-14(13(17)5-12)20-8-11(6-18-20)15(22)19-4-3-10(7-19)9-21/h1-2,5-6,8,10,21H,3-4,7,9H2. The normalized spacial score (nSPS) is 18.0. The fraction of sp³-hybridized carbons (Fsp3) is 0.333. The van der Waals surface area contributed by atoms with Crippen molar-refractivity contribution >= 4 is 29.1 Å². The number of nitrogens with zero attached hydrogens (tertiary/aromatic N) is 3. The Labute approximate surface area is 138 Å². The third kappa shape index (κ3) is 2.97. The van der Waals surface area contributed by atoms with Crippen LogP contribution in [0.4, 0.5) is 0 Å². The van der Waals surface area contributed by atoms with Crippen molar-refractivity contribution in [2.75, 3.05) is 19.7 Å². The number of hydrogen-bond donors (Lipinski definition) is 1. The average molecular weight is 340 g/mol. The molecule has 7 heteroatoms. The first kappa shape index (κ1) is 15.3. The van der Waals surface area contributed by atoms with Gasteiger partial charge in [0.1, 0.15) is 0 Å². The van der Waals surface area contributed by atoms with Gasteiger partial charge in [0, 0.05) is 36.8 Å². The lowest BCUT2D eigenvalue weighted by Crippen LogP contribution is -2.28. The van der Waals surface area contributed by atoms with E-state index >= 15 is 0 Å². The molecule has 0 saturated carbocycles. The molecule has 1 aromatic heterocycles. The Morgan fingerprint density at radius 2 is 2.23 bits per heavy atom. The lowest BCUT2D eigenvalue weighted by Gasteiger charge is -2.14. The van der Waals surface area contributed by atoms with Gasteiger partial charge in [0.2, 0.25) is 0 Å². The van der Waals surface area contributed by atoms with Crippen LogP contribution >= 0.6 is 23.2 Å². The van der Waals surface area contributed by atoms with Crippen LogP contribution in [0.3, 0.4) is 0 Å². The lowest BCUT2D eigenvalue weighted by atomic mass is 10.1. The van der Waals surface area contributed by atoms with E-state index in [0.717, 1.165) is 6.42 Å². The number of rotatable bonds is 3. The van der Waals surface area contributed by atoms with E-state index in [1.54, 1.807) is 34.0 Å². The first-order valence-corrected chi connectivity index (χ1v) is 7.74. The molecule has 3 rings (SSSR count). The molecule has 0 radical (unpaired) electrons. The Balaban J connectivity index is 1.80. The molecule has 0 aliphatic carbocycles. The van der Waals surface area contributed by atoms with E-state index < -0.39 is 0 Å². The Bertz CT molecular complexity index is 702. The van der Waals surface area contributed by atoms with Crippen LogP contribution in [0.25, 0.3) is 5.69 Å². The number of aliphatic hydroxyl groups excluding tert-OH is 1. The van der Waals surface area contributed by atoms with Crippen molar-refractivity contribution in [3.63, 3.8) is 0 Å². The topological polar surface area (TPSA) is 58.4 Å². The molecule has 0 spiro atoms. The number of benzene rings is 1. The van der Waals surface area contributed by atoms with Gasteiger partial charge in [0.15, 0.2) is 0 Å². The van der Waals surface area contributed by atoms with Crippen molar-refractivity contribution in [2.45, 2.75) is 6.42 Å². The molecule has 1 aromatic carbocycles. The maximum absolute atomic E-state index is 12.4. The zero-order valence-corrected chi connectivity index (χ0v) is 13.3. The third-order valence-corrected chi connectivity index (χ3v) is 4.36. The van der Waals surface area contributed by atoms with E-state index in [1.807, 2.05) is 0 Å². The van der Waals surface area contributed by atoms with Gasteiger partial charge in [0.25, 0.3) is 5.91 Å². The van der Waals surface area contributed by atoms with Gasteiger partial charge in [-0.2, -0.15) is 5.10 Å². The summed E-state index contributed by atoms with van der Waals surface area (Å²) >= 11 is 12.0. The summed E-state index contributed by atoms with van der Waals surface area (Å²) in [5.41, 5.74) is 1.17. The summed E-state index contributed by atoms with van der Waals surface area (Å²) in [6.07, 6.45) is 4.02. The van der Waals surface area contributed by atoms with E-state index in [-0.39, 0.29) is 18.4 Å². The molecule has 1 N–H and O–H groups in total. The van der Waals surface area contributed by atoms with Gasteiger partial charge in [-0.1, -0.05) is 23.2 Å². The molecule has 2 heterocycles. The SMILES string of the molecule is O=C(c1cnn(-c2ccc(Cl)cc2Cl)c1)N1CCC(CO)C1. The number of carbonyl (C=O) groups excluding carboxylic acids is 1. The summed E-state index contributed by atoms with van der Waals surface area (Å²) in [4.78, 5) is 14.2. The second-order valence-corrected chi connectivity index (χ2v) is 6.20. The second-order valence-electron chi connectivity index (χ2n) is 5.36. The van der Waals surface area contributed by atoms with Gasteiger partial charge in [-0.3, -0.25) is 4.79 Å². The van der Waals surface area contributed by atoms with Crippen LogP contribution in [0.2, 0.25) is 10.0 Å². The summed E-state index contributed by atoms with van der Waals surface area (Å²) in [5.74, 6) is 0.0944. The number of aromatic nitrogens is 2. The predicted molar refractivity (Wildman–Crippen MR) is 84.7 cm³/mol. The number of amides is 1. The molecule has 1 amide bonds. The molecule has 5 nitrogen and oxygen atoms in total. The number of aliphatic hydroxyl groups is 1. The highest BCUT2D eigenvalue weighted by Gasteiger charge is 2.27. The molecule has 2 aromatic rings. The minimum Gasteiger partial charge on any atom is -0.396 e. The Kier molecular flexibility index (Phi) is 4.38. The summed E-state index contributed by atoms with van der Waals surface area (Å²) in [5, 5.41) is 14.4. The van der Waals surface area contributed by atoms with Gasteiger partial charge in [-0.05, 0) is 24.6 Å². The first-order valence-electron chi connectivity index (χ1n) is 6.98. The molecule has 1 unspecified atom stereocenters. The summed E-state index contributed by atoms with van der Waals surface area (Å²) < 4.78 is 1.56. The second kappa shape index (κ2) is 6.28. The molecule has 1 atom stereocenters. The van der Waals surface area contributed by atoms with E-state index in [9.17, 15) is 4.79 Å². The van der Waals surface area contributed by atoms with Crippen molar-refractivity contribution in [3.8, 4) is 5.69 Å². The molecule has 0 bridgehead atoms. The van der Waals surface area contributed by atoms with Gasteiger partial charge in [0.05, 0.1) is 22.5 Å². The Morgan fingerprint density at radius 3 is 2.91 bits per heavy atom. The number of halogens is 2. The highest BCUT2D eigenvalue weighted by atomic mass is 35.5. The van der Waals surface area contributed by atoms with Crippen LogP contribution in [0.15, 0.2) is 30.6 Å². The molecule has 1 aliphatic heterocycles. The largest absolute Gasteiger partial charge is 0.396 e. The van der Waals surface area contributed by atoms with Crippen LogP contribution in [0.5, 0.6) is 0 Å². The quantitative estimate of drug-likeness (QED) is 0.935. The number of carbonyl (C=O) groups is 1. The predicted octanol–water partition coefficient (Wildman–Crippen LogP) is 2.63. The van der Waals surface area contributed by atoms with Crippen LogP contribution in [0, 0.1) is 5.92 Å². The minimum absolute atomic E-state index is 0.0766. The smallest absolute Gasteiger partial charge is 0.257 e. The Morgan fingerprint density at radius 1 is 1.41 bits per heavy atom. The van der Waals surface area contributed by atoms with Crippen molar-refractivity contribution < 1.29 is 9.90 Å². The van der Waals surface area contributed by atoms with Crippen molar-refractivity contribution in [2.24, 2.45) is 5.92 Å². The maximum atomic E-state index is 12.4. The highest BCUT2D eigenvalue weighted by Crippen LogP contribution is 2.24. The van der Waals surface area contributed by atoms with Gasteiger partial charge >= 0.3 is 0 Å². The first-order chi connectivity index (χ1) is 10.6. The molecule has 116 valence electrons. The van der Waals surface area contributed by atoms with Crippen LogP contribution < -0.4 is 0 Å². The maximum Gasteiger partial charge on any atom is 0.257 e. The fourth-order valence-electron chi connectivity index (χ4n) is 2.58. The zero-order valence-electron chi connectivity index (χ0n) is 11.7. The Hall–Kier alpha value is -1.56. The van der Waals surface area contributed by atoms with Crippen LogP contribution in [-0.2, 0) is 0 Å². The van der Waals surface area contributed by atoms with Crippen LogP contribution in [-0.4, -0.2) is 45.4 Å². The monoisotopic (exact) mass is 339 g/mol. The molecule has 1 saturated heterocycles. The van der Waals surface area contributed by atoms with E-state index in [4.69, 9.17) is 28.3 Å².